The van der Waals surface area contributed by atoms with Crippen LogP contribution in [0.25, 0.3) is 0 Å². The van der Waals surface area contributed by atoms with Gasteiger partial charge in [-0.3, -0.25) is 19.1 Å². The number of rotatable bonds is 10. The molecule has 2 aromatic carbocycles. The van der Waals surface area contributed by atoms with Crippen molar-refractivity contribution in [2.24, 2.45) is 12.8 Å². The van der Waals surface area contributed by atoms with Gasteiger partial charge in [-0.1, -0.05) is 60.7 Å². The molecule has 1 fully saturated rings. The average Bonchev–Trinajstić information content (AvgIpc) is 3.61. The molecule has 10 nitrogen and oxygen atoms in total. The molecule has 0 spiro atoms. The van der Waals surface area contributed by atoms with Crippen LogP contribution in [0.2, 0.25) is 0 Å². The summed E-state index contributed by atoms with van der Waals surface area (Å²) in [5.74, 6) is -0.565. The van der Waals surface area contributed by atoms with Crippen molar-refractivity contribution in [2.75, 3.05) is 25.0 Å². The smallest absolute Gasteiger partial charge is 0.249 e. The zero-order chi connectivity index (χ0) is 29.0. The Balaban J connectivity index is 0.000000263. The van der Waals surface area contributed by atoms with Crippen molar-refractivity contribution in [1.82, 2.24) is 20.0 Å². The Morgan fingerprint density at radius 3 is 2.15 bits per heavy atom. The lowest BCUT2D eigenvalue weighted by atomic mass is 10.1. The predicted octanol–water partition coefficient (Wildman–Crippen LogP) is 2.65. The number of carbonyl (C=O) groups excluding carboxylic acids is 3. The Hall–Kier alpha value is -4.02. The first-order chi connectivity index (χ1) is 19.1. The Morgan fingerprint density at radius 1 is 1.00 bits per heavy atom. The van der Waals surface area contributed by atoms with Crippen LogP contribution >= 0.6 is 0 Å². The summed E-state index contributed by atoms with van der Waals surface area (Å²) in [6.45, 7) is 5.39. The fourth-order valence-corrected chi connectivity index (χ4v) is 3.96. The van der Waals surface area contributed by atoms with Crippen molar-refractivity contribution in [2.45, 2.75) is 51.3 Å². The van der Waals surface area contributed by atoms with Gasteiger partial charge in [0.1, 0.15) is 6.04 Å². The van der Waals surface area contributed by atoms with Crippen LogP contribution in [0, 0.1) is 0 Å². The lowest BCUT2D eigenvalue weighted by molar-refractivity contribution is -0.130. The third kappa shape index (κ3) is 10.3. The first-order valence-electron chi connectivity index (χ1n) is 13.4. The van der Waals surface area contributed by atoms with E-state index in [0.717, 1.165) is 24.2 Å². The Bertz CT molecular complexity index is 1220. The maximum atomic E-state index is 12.5. The Kier molecular flexibility index (Phi) is 11.4. The largest absolute Gasteiger partial charge is 0.374 e. The van der Waals surface area contributed by atoms with Crippen molar-refractivity contribution in [3.63, 3.8) is 0 Å². The number of nitrogens with two attached hydrogens (primary N) is 1. The van der Waals surface area contributed by atoms with E-state index in [9.17, 15) is 14.4 Å². The number of amides is 3. The molecule has 1 unspecified atom stereocenters. The normalized spacial score (nSPS) is 13.7. The maximum absolute atomic E-state index is 12.5. The zero-order valence-corrected chi connectivity index (χ0v) is 23.5. The molecule has 1 aliphatic heterocycles. The molecule has 0 bridgehead atoms. The Labute approximate surface area is 235 Å². The number of hydrogen-bond donors (Lipinski definition) is 3. The van der Waals surface area contributed by atoms with Crippen LogP contribution in [0.15, 0.2) is 73.1 Å². The number of carbonyl (C=O) groups is 3. The van der Waals surface area contributed by atoms with E-state index >= 15 is 0 Å². The number of nitrogens with one attached hydrogen (secondary N) is 2. The van der Waals surface area contributed by atoms with Crippen molar-refractivity contribution < 1.29 is 19.1 Å². The van der Waals surface area contributed by atoms with Gasteiger partial charge in [-0.15, -0.1) is 0 Å². The van der Waals surface area contributed by atoms with Crippen molar-refractivity contribution in [1.29, 1.82) is 0 Å². The van der Waals surface area contributed by atoms with Gasteiger partial charge in [0.2, 0.25) is 17.7 Å². The highest BCUT2D eigenvalue weighted by Crippen LogP contribution is 2.10. The summed E-state index contributed by atoms with van der Waals surface area (Å²) in [5.41, 5.74) is 7.33. The van der Waals surface area contributed by atoms with E-state index in [1.54, 1.807) is 31.8 Å². The molecule has 0 radical (unpaired) electrons. The average molecular weight is 549 g/mol. The number of nitrogens with zero attached hydrogens (tertiary/aromatic N) is 3. The van der Waals surface area contributed by atoms with Crippen LogP contribution in [0.4, 0.5) is 5.69 Å². The highest BCUT2D eigenvalue weighted by Gasteiger charge is 2.28. The van der Waals surface area contributed by atoms with E-state index in [4.69, 9.17) is 10.5 Å². The molecule has 1 saturated heterocycles. The predicted molar refractivity (Wildman–Crippen MR) is 154 cm³/mol. The van der Waals surface area contributed by atoms with Gasteiger partial charge in [0, 0.05) is 26.3 Å². The first kappa shape index (κ1) is 30.5. The van der Waals surface area contributed by atoms with Crippen LogP contribution in [0.1, 0.15) is 37.8 Å². The molecule has 3 aromatic rings. The van der Waals surface area contributed by atoms with E-state index < -0.39 is 23.4 Å². The van der Waals surface area contributed by atoms with Gasteiger partial charge in [0.05, 0.1) is 37.1 Å². The SMILES string of the molecule is Cn1cc(NC(=O)C(COCc2ccccc2)NC(=O)C(C)(C)N)cn1.O=C(Cc1ccccc1)N1CCCC1. The fourth-order valence-electron chi connectivity index (χ4n) is 3.96. The van der Waals surface area contributed by atoms with E-state index in [-0.39, 0.29) is 12.5 Å². The van der Waals surface area contributed by atoms with E-state index in [1.807, 2.05) is 65.6 Å². The molecule has 2 heterocycles. The van der Waals surface area contributed by atoms with E-state index in [0.29, 0.717) is 18.7 Å². The molecule has 10 heteroatoms. The van der Waals surface area contributed by atoms with Crippen LogP contribution < -0.4 is 16.4 Å². The molecule has 4 rings (SSSR count). The maximum Gasteiger partial charge on any atom is 0.249 e. The third-order valence-corrected chi connectivity index (χ3v) is 6.23. The van der Waals surface area contributed by atoms with Crippen LogP contribution in [-0.4, -0.2) is 63.7 Å². The van der Waals surface area contributed by atoms with Crippen molar-refractivity contribution in [3.05, 3.63) is 84.2 Å². The summed E-state index contributed by atoms with van der Waals surface area (Å²) >= 11 is 0. The second-order valence-corrected chi connectivity index (χ2v) is 10.4. The molecule has 1 aliphatic rings. The minimum Gasteiger partial charge on any atom is -0.374 e. The van der Waals surface area contributed by atoms with Gasteiger partial charge in [0.15, 0.2) is 0 Å². The summed E-state index contributed by atoms with van der Waals surface area (Å²) in [6.07, 6.45) is 6.07. The van der Waals surface area contributed by atoms with Gasteiger partial charge in [0.25, 0.3) is 0 Å². The standard InChI is InChI=1S/C18H25N5O3.C12H15NO/c1-18(2,19)17(25)22-15(12-26-11-13-7-5-4-6-8-13)16(24)21-14-9-20-23(3)10-14;14-12(13-8-4-5-9-13)10-11-6-2-1-3-7-11/h4-10,15H,11-12,19H2,1-3H3,(H,21,24)(H,22,25);1-3,6-7H,4-5,8-10H2. The first-order valence-corrected chi connectivity index (χ1v) is 13.4. The molecule has 214 valence electrons. The van der Waals surface area contributed by atoms with E-state index in [2.05, 4.69) is 15.7 Å². The molecule has 4 N–H and O–H groups in total. The third-order valence-electron chi connectivity index (χ3n) is 6.23. The summed E-state index contributed by atoms with van der Waals surface area (Å²) in [5, 5.41) is 9.35. The van der Waals surface area contributed by atoms with Crippen LogP contribution in [0.5, 0.6) is 0 Å². The number of benzene rings is 2. The van der Waals surface area contributed by atoms with Gasteiger partial charge in [-0.25, -0.2) is 0 Å². The molecular formula is C30H40N6O4. The lowest BCUT2D eigenvalue weighted by Crippen LogP contribution is -2.56. The summed E-state index contributed by atoms with van der Waals surface area (Å²) in [4.78, 5) is 38.4. The molecule has 0 aliphatic carbocycles. The highest BCUT2D eigenvalue weighted by atomic mass is 16.5. The summed E-state index contributed by atoms with van der Waals surface area (Å²) in [7, 11) is 1.74. The van der Waals surface area contributed by atoms with Gasteiger partial charge in [-0.2, -0.15) is 5.10 Å². The zero-order valence-electron chi connectivity index (χ0n) is 23.5. The second-order valence-electron chi connectivity index (χ2n) is 10.4. The van der Waals surface area contributed by atoms with Crippen molar-refractivity contribution >= 4 is 23.4 Å². The summed E-state index contributed by atoms with van der Waals surface area (Å²) in [6, 6.07) is 18.6. The molecule has 40 heavy (non-hydrogen) atoms. The quantitative estimate of drug-likeness (QED) is 0.357. The number of aryl methyl sites for hydroxylation is 1. The minimum atomic E-state index is -1.10. The number of hydrogen-bond acceptors (Lipinski definition) is 6. The molecule has 1 atom stereocenters. The fraction of sp³-hybridized carbons (Fsp3) is 0.400. The number of anilines is 1. The van der Waals surface area contributed by atoms with Gasteiger partial charge < -0.3 is 26.0 Å². The minimum absolute atomic E-state index is 0.0167. The van der Waals surface area contributed by atoms with Crippen molar-refractivity contribution in [3.8, 4) is 0 Å². The number of ether oxygens (including phenoxy) is 1. The topological polar surface area (TPSA) is 132 Å². The Morgan fingerprint density at radius 2 is 1.60 bits per heavy atom. The second kappa shape index (κ2) is 14.9. The van der Waals surface area contributed by atoms with Crippen LogP contribution in [0.3, 0.4) is 0 Å². The molecule has 3 amide bonds. The molecule has 0 saturated carbocycles. The molecular weight excluding hydrogens is 508 g/mol. The van der Waals surface area contributed by atoms with Gasteiger partial charge >= 0.3 is 0 Å². The lowest BCUT2D eigenvalue weighted by Gasteiger charge is -2.23. The number of likely N-dealkylation sites (tertiary alicyclic amines) is 1. The van der Waals surface area contributed by atoms with Crippen LogP contribution in [-0.2, 0) is 39.2 Å². The van der Waals surface area contributed by atoms with E-state index in [1.165, 1.54) is 19.0 Å². The van der Waals surface area contributed by atoms with Gasteiger partial charge in [-0.05, 0) is 37.8 Å². The molecule has 1 aromatic heterocycles. The highest BCUT2D eigenvalue weighted by molar-refractivity contribution is 5.98. The summed E-state index contributed by atoms with van der Waals surface area (Å²) < 4.78 is 7.19. The number of aromatic nitrogens is 2. The monoisotopic (exact) mass is 548 g/mol.